The smallest absolute Gasteiger partial charge is 0.268 e. The molecule has 0 rings (SSSR count). The number of nitrogens with zero attached hydrogens (tertiary/aromatic N) is 1. The summed E-state index contributed by atoms with van der Waals surface area (Å²) in [6.07, 6.45) is 47.9. The molecule has 3 atom stereocenters. The summed E-state index contributed by atoms with van der Waals surface area (Å²) in [5.41, 5.74) is 0. The Morgan fingerprint density at radius 3 is 1.34 bits per heavy atom. The molecule has 346 valence electrons. The predicted molar refractivity (Wildman–Crippen MR) is 247 cm³/mol. The van der Waals surface area contributed by atoms with Crippen LogP contribution >= 0.6 is 7.82 Å². The summed E-state index contributed by atoms with van der Waals surface area (Å²) in [7, 11) is 1.31. The molecule has 0 spiro atoms. The first-order valence-electron chi connectivity index (χ1n) is 25.0. The van der Waals surface area contributed by atoms with Gasteiger partial charge in [0.25, 0.3) is 7.82 Å². The topological polar surface area (TPSA) is 108 Å². The fourth-order valence-corrected chi connectivity index (χ4v) is 8.23. The lowest BCUT2D eigenvalue weighted by Crippen LogP contribution is -2.46. The van der Waals surface area contributed by atoms with Gasteiger partial charge in [-0.2, -0.15) is 0 Å². The zero-order valence-corrected chi connectivity index (χ0v) is 40.2. The number of quaternary nitrogens is 1. The minimum absolute atomic E-state index is 0.0146. The van der Waals surface area contributed by atoms with E-state index in [1.54, 1.807) is 0 Å². The number of aliphatic hydroxyl groups is 1. The standard InChI is InChI=1S/C49H99N2O6P/c1-6-8-10-12-14-16-18-20-21-22-23-24-25-26-27-28-29-31-33-35-37-39-41-43-49(53)50-47(46-57-58(54,55)56-45-44-51(3,4)5)48(52)42-40-38-36-34-32-30-19-17-15-13-11-9-7-2/h20-21,47-48,52H,6-19,22-46H2,1-5H3,(H-,50,53,54,55)/b21-20-/t47-,48+/m0/s1. The van der Waals surface area contributed by atoms with Crippen molar-refractivity contribution in [2.75, 3.05) is 40.9 Å². The van der Waals surface area contributed by atoms with Gasteiger partial charge in [0.15, 0.2) is 0 Å². The van der Waals surface area contributed by atoms with Gasteiger partial charge in [-0.15, -0.1) is 0 Å². The molecule has 0 bridgehead atoms. The van der Waals surface area contributed by atoms with Crippen LogP contribution in [-0.2, 0) is 18.4 Å². The normalized spacial score (nSPS) is 14.3. The first-order chi connectivity index (χ1) is 28.0. The van der Waals surface area contributed by atoms with Crippen molar-refractivity contribution in [2.45, 2.75) is 257 Å². The maximum atomic E-state index is 12.9. The fraction of sp³-hybridized carbons (Fsp3) is 0.939. The number of aliphatic hydroxyl groups excluding tert-OH is 1. The molecule has 0 aromatic carbocycles. The molecule has 0 aromatic heterocycles. The molecule has 0 fully saturated rings. The molecule has 9 heteroatoms. The van der Waals surface area contributed by atoms with E-state index in [1.165, 1.54) is 180 Å². The van der Waals surface area contributed by atoms with Crippen molar-refractivity contribution >= 4 is 13.7 Å². The van der Waals surface area contributed by atoms with Crippen LogP contribution in [0.1, 0.15) is 245 Å². The van der Waals surface area contributed by atoms with Gasteiger partial charge in [-0.05, 0) is 38.5 Å². The number of likely N-dealkylation sites (N-methyl/N-ethyl adjacent to an activating group) is 1. The first kappa shape index (κ1) is 57.2. The van der Waals surface area contributed by atoms with Crippen molar-refractivity contribution in [1.29, 1.82) is 0 Å². The Kier molecular flexibility index (Phi) is 41.0. The molecule has 0 heterocycles. The Morgan fingerprint density at radius 2 is 0.948 bits per heavy atom. The van der Waals surface area contributed by atoms with Crippen LogP contribution in [0.25, 0.3) is 0 Å². The molecular weight excluding hydrogens is 744 g/mol. The molecule has 0 saturated carbocycles. The maximum absolute atomic E-state index is 12.9. The van der Waals surface area contributed by atoms with Gasteiger partial charge in [0.2, 0.25) is 5.91 Å². The van der Waals surface area contributed by atoms with Crippen LogP contribution in [-0.4, -0.2) is 68.5 Å². The Hall–Kier alpha value is -0.760. The van der Waals surface area contributed by atoms with Crippen molar-refractivity contribution in [2.24, 2.45) is 0 Å². The van der Waals surface area contributed by atoms with Gasteiger partial charge in [0, 0.05) is 6.42 Å². The summed E-state index contributed by atoms with van der Waals surface area (Å²) < 4.78 is 23.3. The molecule has 8 nitrogen and oxygen atoms in total. The summed E-state index contributed by atoms with van der Waals surface area (Å²) in [5, 5.41) is 13.9. The monoisotopic (exact) mass is 843 g/mol. The van der Waals surface area contributed by atoms with Crippen LogP contribution in [0.15, 0.2) is 12.2 Å². The molecule has 58 heavy (non-hydrogen) atoms. The largest absolute Gasteiger partial charge is 0.756 e. The molecule has 1 unspecified atom stereocenters. The Morgan fingerprint density at radius 1 is 0.586 bits per heavy atom. The highest BCUT2D eigenvalue weighted by Gasteiger charge is 2.24. The SMILES string of the molecule is CCCCCCCC/C=C\CCCCCCCCCCCCCCCC(=O)N[C@@H](COP(=O)([O-])OCC[N+](C)(C)C)[C@H](O)CCCCCCCCCCCCCCC. The zero-order valence-electron chi connectivity index (χ0n) is 39.3. The third-order valence-corrected chi connectivity index (χ3v) is 12.5. The van der Waals surface area contributed by atoms with Crippen LogP contribution in [0.3, 0.4) is 0 Å². The number of amides is 1. The predicted octanol–water partition coefficient (Wildman–Crippen LogP) is 13.7. The number of nitrogens with one attached hydrogen (secondary N) is 1. The van der Waals surface area contributed by atoms with E-state index < -0.39 is 20.0 Å². The van der Waals surface area contributed by atoms with Crippen molar-refractivity contribution in [1.82, 2.24) is 5.32 Å². The average molecular weight is 843 g/mol. The van der Waals surface area contributed by atoms with Gasteiger partial charge < -0.3 is 28.8 Å². The highest BCUT2D eigenvalue weighted by molar-refractivity contribution is 7.45. The van der Waals surface area contributed by atoms with Crippen LogP contribution < -0.4 is 10.2 Å². The molecule has 0 radical (unpaired) electrons. The number of carbonyl (C=O) groups excluding carboxylic acids is 1. The van der Waals surface area contributed by atoms with E-state index in [4.69, 9.17) is 9.05 Å². The number of phosphoric ester groups is 1. The minimum Gasteiger partial charge on any atom is -0.756 e. The summed E-state index contributed by atoms with van der Waals surface area (Å²) in [5.74, 6) is -0.162. The van der Waals surface area contributed by atoms with Crippen molar-refractivity contribution < 1.29 is 32.9 Å². The number of phosphoric acid groups is 1. The highest BCUT2D eigenvalue weighted by Crippen LogP contribution is 2.38. The second-order valence-electron chi connectivity index (χ2n) is 18.5. The Balaban J connectivity index is 4.18. The molecule has 2 N–H and O–H groups in total. The number of allylic oxidation sites excluding steroid dienone is 2. The van der Waals surface area contributed by atoms with E-state index in [1.807, 2.05) is 21.1 Å². The fourth-order valence-electron chi connectivity index (χ4n) is 7.51. The van der Waals surface area contributed by atoms with Crippen LogP contribution in [0.2, 0.25) is 0 Å². The number of rotatable bonds is 46. The molecule has 1 amide bonds. The number of unbranched alkanes of at least 4 members (excludes halogenated alkanes) is 31. The van der Waals surface area contributed by atoms with Gasteiger partial charge >= 0.3 is 0 Å². The lowest BCUT2D eigenvalue weighted by atomic mass is 10.0. The summed E-state index contributed by atoms with van der Waals surface area (Å²) in [4.78, 5) is 25.4. The Labute approximate surface area is 361 Å². The number of carbonyl (C=O) groups is 1. The van der Waals surface area contributed by atoms with E-state index in [0.29, 0.717) is 23.9 Å². The summed E-state index contributed by atoms with van der Waals surface area (Å²) >= 11 is 0. The molecule has 0 aliphatic heterocycles. The average Bonchev–Trinajstić information content (AvgIpc) is 3.17. The van der Waals surface area contributed by atoms with Crippen LogP contribution in [0.4, 0.5) is 0 Å². The van der Waals surface area contributed by atoms with Crippen molar-refractivity contribution in [3.05, 3.63) is 12.2 Å². The molecule has 0 aliphatic carbocycles. The molecule has 0 aliphatic rings. The van der Waals surface area contributed by atoms with Crippen molar-refractivity contribution in [3.63, 3.8) is 0 Å². The second kappa shape index (κ2) is 41.6. The summed E-state index contributed by atoms with van der Waals surface area (Å²) in [6.45, 7) is 4.73. The van der Waals surface area contributed by atoms with Gasteiger partial charge in [0.05, 0.1) is 39.9 Å². The van der Waals surface area contributed by atoms with E-state index in [9.17, 15) is 19.4 Å². The zero-order chi connectivity index (χ0) is 42.8. The third-order valence-electron chi connectivity index (χ3n) is 11.5. The highest BCUT2D eigenvalue weighted by atomic mass is 31.2. The second-order valence-corrected chi connectivity index (χ2v) is 19.9. The van der Waals surface area contributed by atoms with E-state index in [2.05, 4.69) is 31.3 Å². The van der Waals surface area contributed by atoms with Gasteiger partial charge in [-0.3, -0.25) is 9.36 Å². The van der Waals surface area contributed by atoms with Crippen LogP contribution in [0, 0.1) is 0 Å². The lowest BCUT2D eigenvalue weighted by molar-refractivity contribution is -0.870. The molecule has 0 aromatic rings. The van der Waals surface area contributed by atoms with Crippen molar-refractivity contribution in [3.8, 4) is 0 Å². The minimum atomic E-state index is -4.56. The van der Waals surface area contributed by atoms with E-state index in [-0.39, 0.29) is 19.1 Å². The third kappa shape index (κ3) is 43.3. The van der Waals surface area contributed by atoms with Gasteiger partial charge in [-0.1, -0.05) is 212 Å². The first-order valence-corrected chi connectivity index (χ1v) is 26.5. The Bertz CT molecular complexity index is 958. The van der Waals surface area contributed by atoms with E-state index in [0.717, 1.165) is 38.5 Å². The van der Waals surface area contributed by atoms with Gasteiger partial charge in [-0.25, -0.2) is 0 Å². The number of hydrogen-bond donors (Lipinski definition) is 2. The lowest BCUT2D eigenvalue weighted by Gasteiger charge is -2.30. The van der Waals surface area contributed by atoms with E-state index >= 15 is 0 Å². The quantitative estimate of drug-likeness (QED) is 0.0273. The number of hydrogen-bond acceptors (Lipinski definition) is 6. The van der Waals surface area contributed by atoms with Gasteiger partial charge in [0.1, 0.15) is 13.2 Å². The maximum Gasteiger partial charge on any atom is 0.268 e. The molecule has 0 saturated heterocycles. The van der Waals surface area contributed by atoms with Crippen LogP contribution in [0.5, 0.6) is 0 Å². The summed E-state index contributed by atoms with van der Waals surface area (Å²) in [6, 6.07) is -0.796. The molecular formula is C49H99N2O6P.